The summed E-state index contributed by atoms with van der Waals surface area (Å²) in [4.78, 5) is 13.1. The van der Waals surface area contributed by atoms with Crippen LogP contribution in [-0.4, -0.2) is 43.1 Å². The van der Waals surface area contributed by atoms with Crippen molar-refractivity contribution in [2.24, 2.45) is 0 Å². The van der Waals surface area contributed by atoms with Gasteiger partial charge in [-0.3, -0.25) is 4.79 Å². The van der Waals surface area contributed by atoms with Gasteiger partial charge in [0.25, 0.3) is 0 Å². The smallest absolute Gasteiger partial charge is 0.243 e. The molecule has 1 N–H and O–H groups in total. The van der Waals surface area contributed by atoms with E-state index in [0.29, 0.717) is 36.0 Å². The molecular formula is C23H25N3O5S. The number of amides is 1. The lowest BCUT2D eigenvalue weighted by atomic mass is 10.2. The molecule has 1 amide bonds. The third-order valence-corrected chi connectivity index (χ3v) is 7.99. The maximum absolute atomic E-state index is 12.9. The molecule has 0 radical (unpaired) electrons. The van der Waals surface area contributed by atoms with Crippen molar-refractivity contribution in [1.29, 1.82) is 0 Å². The molecule has 1 saturated heterocycles. The Kier molecular flexibility index (Phi) is 5.30. The third kappa shape index (κ3) is 3.71. The molecule has 1 aromatic heterocycles. The highest BCUT2D eigenvalue weighted by molar-refractivity contribution is 7.89. The molecule has 0 aliphatic carbocycles. The number of fused-ring (bicyclic) bond motifs is 2. The van der Waals surface area contributed by atoms with Gasteiger partial charge in [-0.1, -0.05) is 6.07 Å². The Morgan fingerprint density at radius 2 is 1.84 bits per heavy atom. The van der Waals surface area contributed by atoms with Crippen LogP contribution in [0.5, 0.6) is 11.5 Å². The van der Waals surface area contributed by atoms with E-state index < -0.39 is 16.1 Å². The highest BCUT2D eigenvalue weighted by Gasteiger charge is 2.27. The summed E-state index contributed by atoms with van der Waals surface area (Å²) < 4.78 is 39.8. The van der Waals surface area contributed by atoms with Gasteiger partial charge in [-0.2, -0.15) is 4.31 Å². The van der Waals surface area contributed by atoms with Gasteiger partial charge in [-0.25, -0.2) is 8.42 Å². The Morgan fingerprint density at radius 3 is 2.66 bits per heavy atom. The number of benzene rings is 2. The zero-order valence-corrected chi connectivity index (χ0v) is 18.6. The minimum atomic E-state index is -3.48. The van der Waals surface area contributed by atoms with E-state index in [-0.39, 0.29) is 12.7 Å². The second-order valence-corrected chi connectivity index (χ2v) is 10.1. The van der Waals surface area contributed by atoms with Crippen LogP contribution in [0.1, 0.15) is 31.4 Å². The number of carbonyl (C=O) groups excluding carboxylic acids is 1. The first-order valence-corrected chi connectivity index (χ1v) is 12.1. The molecule has 2 aliphatic heterocycles. The molecule has 2 aromatic carbocycles. The molecule has 32 heavy (non-hydrogen) atoms. The number of nitrogens with one attached hydrogen (secondary N) is 1. The Bertz CT molecular complexity index is 1280. The number of carbonyl (C=O) groups is 1. The number of nitrogens with zero attached hydrogens (tertiary/aromatic N) is 2. The van der Waals surface area contributed by atoms with Crippen molar-refractivity contribution in [3.05, 3.63) is 54.2 Å². The molecule has 3 heterocycles. The van der Waals surface area contributed by atoms with E-state index >= 15 is 0 Å². The fraction of sp³-hybridized carbons (Fsp3) is 0.348. The van der Waals surface area contributed by atoms with Gasteiger partial charge in [0.2, 0.25) is 22.7 Å². The number of aromatic nitrogens is 1. The lowest BCUT2D eigenvalue weighted by molar-refractivity contribution is -0.123. The van der Waals surface area contributed by atoms with E-state index in [9.17, 15) is 13.2 Å². The predicted octanol–water partition coefficient (Wildman–Crippen LogP) is 3.03. The van der Waals surface area contributed by atoms with Crippen molar-refractivity contribution >= 4 is 26.8 Å². The summed E-state index contributed by atoms with van der Waals surface area (Å²) in [6, 6.07) is 12.1. The van der Waals surface area contributed by atoms with Gasteiger partial charge in [0, 0.05) is 36.7 Å². The summed E-state index contributed by atoms with van der Waals surface area (Å²) in [6.07, 6.45) is 3.62. The fourth-order valence-electron chi connectivity index (χ4n) is 4.23. The molecule has 168 valence electrons. The lowest BCUT2D eigenvalue weighted by Gasteiger charge is -2.17. The first kappa shape index (κ1) is 20.8. The molecule has 0 spiro atoms. The molecule has 1 atom stereocenters. The summed E-state index contributed by atoms with van der Waals surface area (Å²) in [7, 11) is -3.48. The van der Waals surface area contributed by atoms with E-state index in [4.69, 9.17) is 9.47 Å². The highest BCUT2D eigenvalue weighted by atomic mass is 32.2. The topological polar surface area (TPSA) is 89.9 Å². The predicted molar refractivity (Wildman–Crippen MR) is 119 cm³/mol. The molecule has 1 fully saturated rings. The molecular weight excluding hydrogens is 430 g/mol. The van der Waals surface area contributed by atoms with Crippen molar-refractivity contribution in [1.82, 2.24) is 14.2 Å². The van der Waals surface area contributed by atoms with Gasteiger partial charge >= 0.3 is 0 Å². The Labute approximate surface area is 186 Å². The number of ether oxygens (including phenoxy) is 2. The van der Waals surface area contributed by atoms with Gasteiger partial charge in [-0.05, 0) is 61.7 Å². The van der Waals surface area contributed by atoms with Crippen molar-refractivity contribution in [3.8, 4) is 11.5 Å². The summed E-state index contributed by atoms with van der Waals surface area (Å²) >= 11 is 0. The summed E-state index contributed by atoms with van der Waals surface area (Å²) in [5, 5.41) is 3.75. The van der Waals surface area contributed by atoms with Crippen LogP contribution in [0.2, 0.25) is 0 Å². The van der Waals surface area contributed by atoms with Crippen LogP contribution >= 0.6 is 0 Å². The van der Waals surface area contributed by atoms with Crippen LogP contribution in [-0.2, 0) is 21.4 Å². The molecule has 0 bridgehead atoms. The Morgan fingerprint density at radius 1 is 1.06 bits per heavy atom. The fourth-order valence-corrected chi connectivity index (χ4v) is 5.78. The minimum absolute atomic E-state index is 0.131. The van der Waals surface area contributed by atoms with Crippen molar-refractivity contribution in [2.45, 2.75) is 37.2 Å². The minimum Gasteiger partial charge on any atom is -0.454 e. The molecule has 5 rings (SSSR count). The molecule has 9 heteroatoms. The zero-order valence-electron chi connectivity index (χ0n) is 17.8. The maximum Gasteiger partial charge on any atom is 0.243 e. The molecule has 0 saturated carbocycles. The van der Waals surface area contributed by atoms with Gasteiger partial charge in [0.15, 0.2) is 11.5 Å². The zero-order chi connectivity index (χ0) is 22.3. The van der Waals surface area contributed by atoms with E-state index in [0.717, 1.165) is 29.3 Å². The summed E-state index contributed by atoms with van der Waals surface area (Å²) in [5.41, 5.74) is 1.74. The number of hydrogen-bond acceptors (Lipinski definition) is 5. The van der Waals surface area contributed by atoms with E-state index in [1.807, 2.05) is 42.0 Å². The van der Waals surface area contributed by atoms with Crippen molar-refractivity contribution in [2.75, 3.05) is 19.9 Å². The second kappa shape index (κ2) is 8.14. The highest BCUT2D eigenvalue weighted by Crippen LogP contribution is 2.32. The van der Waals surface area contributed by atoms with Gasteiger partial charge in [0.1, 0.15) is 6.04 Å². The average molecular weight is 456 g/mol. The average Bonchev–Trinajstić information content (AvgIpc) is 3.56. The van der Waals surface area contributed by atoms with Crippen LogP contribution in [0.25, 0.3) is 10.9 Å². The first-order valence-electron chi connectivity index (χ1n) is 10.7. The quantitative estimate of drug-likeness (QED) is 0.617. The molecule has 3 aromatic rings. The monoisotopic (exact) mass is 455 g/mol. The second-order valence-electron chi connectivity index (χ2n) is 8.14. The van der Waals surface area contributed by atoms with Crippen molar-refractivity contribution in [3.63, 3.8) is 0 Å². The number of sulfonamides is 1. The van der Waals surface area contributed by atoms with Gasteiger partial charge < -0.3 is 19.4 Å². The van der Waals surface area contributed by atoms with Gasteiger partial charge in [0.05, 0.1) is 4.90 Å². The molecule has 1 unspecified atom stereocenters. The van der Waals surface area contributed by atoms with E-state index in [1.54, 1.807) is 18.2 Å². The van der Waals surface area contributed by atoms with Crippen LogP contribution in [0.15, 0.2) is 53.6 Å². The SMILES string of the molecule is CC(C(=O)NCc1ccc2c(c1)OCO2)n1ccc2cc(S(=O)(=O)N3CCCC3)ccc21. The van der Waals surface area contributed by atoms with Crippen LogP contribution < -0.4 is 14.8 Å². The maximum atomic E-state index is 12.9. The number of hydrogen-bond donors (Lipinski definition) is 1. The Hall–Kier alpha value is -3.04. The van der Waals surface area contributed by atoms with E-state index in [1.165, 1.54) is 4.31 Å². The largest absolute Gasteiger partial charge is 0.454 e. The van der Waals surface area contributed by atoms with E-state index in [2.05, 4.69) is 5.32 Å². The normalized spacial score (nSPS) is 17.0. The standard InChI is InChI=1S/C23H25N3O5S/c1-16(23(27)24-14-17-4-7-21-22(12-17)31-15-30-21)26-11-8-18-13-19(5-6-20(18)26)32(28,29)25-9-2-3-10-25/h4-8,11-13,16H,2-3,9-10,14-15H2,1H3,(H,24,27). The third-order valence-electron chi connectivity index (χ3n) is 6.10. The number of rotatable bonds is 6. The van der Waals surface area contributed by atoms with Crippen LogP contribution in [0, 0.1) is 0 Å². The molecule has 2 aliphatic rings. The van der Waals surface area contributed by atoms with Crippen LogP contribution in [0.4, 0.5) is 0 Å². The Balaban J connectivity index is 1.31. The summed E-state index contributed by atoms with van der Waals surface area (Å²) in [6.45, 7) is 3.55. The van der Waals surface area contributed by atoms with Crippen molar-refractivity contribution < 1.29 is 22.7 Å². The first-order chi connectivity index (χ1) is 15.4. The molecule has 8 nitrogen and oxygen atoms in total. The van der Waals surface area contributed by atoms with Gasteiger partial charge in [-0.15, -0.1) is 0 Å². The summed E-state index contributed by atoms with van der Waals surface area (Å²) in [5.74, 6) is 1.26. The van der Waals surface area contributed by atoms with Crippen LogP contribution in [0.3, 0.4) is 0 Å². The lowest BCUT2D eigenvalue weighted by Crippen LogP contribution is -2.30.